The molecule has 1 aromatic rings. The maximum absolute atomic E-state index is 6.10. The molecule has 0 aromatic carbocycles. The molecule has 3 rings (SSSR count). The number of piperidine rings is 1. The molecule has 0 amide bonds. The molecule has 1 spiro atoms. The minimum absolute atomic E-state index is 0.0198. The molecule has 2 aliphatic heterocycles. The Kier molecular flexibility index (Phi) is 3.76. The van der Waals surface area contributed by atoms with Crippen LogP contribution in [0, 0.1) is 0 Å². The first-order chi connectivity index (χ1) is 9.71. The second kappa shape index (κ2) is 5.54. The molecule has 0 bridgehead atoms. The van der Waals surface area contributed by atoms with Crippen LogP contribution in [0.1, 0.15) is 12.8 Å². The highest BCUT2D eigenvalue weighted by Gasteiger charge is 2.39. The van der Waals surface area contributed by atoms with E-state index in [0.29, 0.717) is 5.75 Å². The quantitative estimate of drug-likeness (QED) is 0.797. The van der Waals surface area contributed by atoms with Crippen molar-refractivity contribution in [3.63, 3.8) is 0 Å². The SMILES string of the molecule is COc1cnc(N2CCOC3(CCN(C)CC3)C2)nc1. The highest BCUT2D eigenvalue weighted by atomic mass is 16.5. The zero-order chi connectivity index (χ0) is 14.0. The molecular formula is C14H22N4O2. The number of morpholine rings is 1. The van der Waals surface area contributed by atoms with Crippen molar-refractivity contribution in [1.82, 2.24) is 14.9 Å². The van der Waals surface area contributed by atoms with Gasteiger partial charge >= 0.3 is 0 Å². The molecule has 20 heavy (non-hydrogen) atoms. The lowest BCUT2D eigenvalue weighted by Crippen LogP contribution is -2.56. The molecule has 1 aromatic heterocycles. The van der Waals surface area contributed by atoms with E-state index >= 15 is 0 Å². The fourth-order valence-electron chi connectivity index (χ4n) is 2.92. The summed E-state index contributed by atoms with van der Waals surface area (Å²) in [4.78, 5) is 13.4. The van der Waals surface area contributed by atoms with Gasteiger partial charge in [0.05, 0.1) is 38.3 Å². The lowest BCUT2D eigenvalue weighted by atomic mass is 9.89. The van der Waals surface area contributed by atoms with Gasteiger partial charge in [-0.3, -0.25) is 0 Å². The molecule has 0 radical (unpaired) electrons. The van der Waals surface area contributed by atoms with Crippen molar-refractivity contribution < 1.29 is 9.47 Å². The van der Waals surface area contributed by atoms with Gasteiger partial charge in [-0.15, -0.1) is 0 Å². The summed E-state index contributed by atoms with van der Waals surface area (Å²) >= 11 is 0. The van der Waals surface area contributed by atoms with Crippen molar-refractivity contribution in [2.24, 2.45) is 0 Å². The van der Waals surface area contributed by atoms with Crippen molar-refractivity contribution in [3.05, 3.63) is 12.4 Å². The summed E-state index contributed by atoms with van der Waals surface area (Å²) in [6.45, 7) is 4.67. The normalized spacial score (nSPS) is 23.0. The molecule has 110 valence electrons. The van der Waals surface area contributed by atoms with Crippen molar-refractivity contribution in [2.45, 2.75) is 18.4 Å². The average Bonchev–Trinajstić information content (AvgIpc) is 2.51. The Balaban J connectivity index is 1.71. The molecule has 6 heteroatoms. The van der Waals surface area contributed by atoms with Gasteiger partial charge in [-0.1, -0.05) is 0 Å². The molecule has 0 atom stereocenters. The van der Waals surface area contributed by atoms with Crippen LogP contribution < -0.4 is 9.64 Å². The number of rotatable bonds is 2. The van der Waals surface area contributed by atoms with E-state index in [2.05, 4.69) is 26.8 Å². The number of anilines is 1. The standard InChI is InChI=1S/C14H22N4O2/c1-17-5-3-14(4-6-17)11-18(7-8-20-14)13-15-9-12(19-2)10-16-13/h9-10H,3-8,11H2,1-2H3. The number of hydrogen-bond donors (Lipinski definition) is 0. The fourth-order valence-corrected chi connectivity index (χ4v) is 2.92. The first-order valence-corrected chi connectivity index (χ1v) is 7.14. The molecule has 0 saturated carbocycles. The third-order valence-corrected chi connectivity index (χ3v) is 4.28. The summed E-state index contributed by atoms with van der Waals surface area (Å²) in [5.41, 5.74) is -0.0198. The smallest absolute Gasteiger partial charge is 0.225 e. The minimum Gasteiger partial charge on any atom is -0.494 e. The molecule has 3 heterocycles. The number of methoxy groups -OCH3 is 1. The maximum Gasteiger partial charge on any atom is 0.225 e. The summed E-state index contributed by atoms with van der Waals surface area (Å²) in [5, 5.41) is 0. The van der Waals surface area contributed by atoms with Gasteiger partial charge in [0.2, 0.25) is 5.95 Å². The van der Waals surface area contributed by atoms with E-state index in [1.54, 1.807) is 19.5 Å². The molecule has 2 saturated heterocycles. The average molecular weight is 278 g/mol. The van der Waals surface area contributed by atoms with Gasteiger partial charge in [0, 0.05) is 19.6 Å². The number of likely N-dealkylation sites (tertiary alicyclic amines) is 1. The molecule has 0 N–H and O–H groups in total. The zero-order valence-corrected chi connectivity index (χ0v) is 12.2. The van der Waals surface area contributed by atoms with Crippen molar-refractivity contribution in [2.75, 3.05) is 51.8 Å². The van der Waals surface area contributed by atoms with Gasteiger partial charge in [0.15, 0.2) is 5.75 Å². The van der Waals surface area contributed by atoms with Gasteiger partial charge in [0.25, 0.3) is 0 Å². The maximum atomic E-state index is 6.10. The molecular weight excluding hydrogens is 256 g/mol. The molecule has 0 aliphatic carbocycles. The Labute approximate surface area is 119 Å². The van der Waals surface area contributed by atoms with Crippen molar-refractivity contribution in [1.29, 1.82) is 0 Å². The van der Waals surface area contributed by atoms with Crippen LogP contribution >= 0.6 is 0 Å². The number of ether oxygens (including phenoxy) is 2. The van der Waals surface area contributed by atoms with E-state index in [1.807, 2.05) is 0 Å². The third-order valence-electron chi connectivity index (χ3n) is 4.28. The highest BCUT2D eigenvalue weighted by molar-refractivity contribution is 5.33. The van der Waals surface area contributed by atoms with Crippen LogP contribution in [-0.4, -0.2) is 67.4 Å². The third kappa shape index (κ3) is 2.71. The fraction of sp³-hybridized carbons (Fsp3) is 0.714. The Morgan fingerprint density at radius 2 is 1.90 bits per heavy atom. The number of nitrogens with zero attached hydrogens (tertiary/aromatic N) is 4. The summed E-state index contributed by atoms with van der Waals surface area (Å²) in [7, 11) is 3.79. The second-order valence-corrected chi connectivity index (χ2v) is 5.68. The number of aromatic nitrogens is 2. The van der Waals surface area contributed by atoms with E-state index in [9.17, 15) is 0 Å². The van der Waals surface area contributed by atoms with Crippen LogP contribution in [-0.2, 0) is 4.74 Å². The lowest BCUT2D eigenvalue weighted by Gasteiger charge is -2.46. The van der Waals surface area contributed by atoms with Gasteiger partial charge in [-0.25, -0.2) is 9.97 Å². The van der Waals surface area contributed by atoms with Crippen LogP contribution in [0.4, 0.5) is 5.95 Å². The van der Waals surface area contributed by atoms with Crippen LogP contribution in [0.25, 0.3) is 0 Å². The predicted molar refractivity (Wildman–Crippen MR) is 76.2 cm³/mol. The zero-order valence-electron chi connectivity index (χ0n) is 12.2. The van der Waals surface area contributed by atoms with Crippen molar-refractivity contribution in [3.8, 4) is 5.75 Å². The van der Waals surface area contributed by atoms with Crippen molar-refractivity contribution >= 4 is 5.95 Å². The van der Waals surface area contributed by atoms with Gasteiger partial charge in [-0.2, -0.15) is 0 Å². The molecule has 2 fully saturated rings. The Hall–Kier alpha value is -1.40. The molecule has 0 unspecified atom stereocenters. The molecule has 6 nitrogen and oxygen atoms in total. The predicted octanol–water partition coefficient (Wildman–Crippen LogP) is 0.786. The van der Waals surface area contributed by atoms with E-state index in [4.69, 9.17) is 9.47 Å². The first kappa shape index (κ1) is 13.6. The molecule has 2 aliphatic rings. The minimum atomic E-state index is -0.0198. The number of hydrogen-bond acceptors (Lipinski definition) is 6. The van der Waals surface area contributed by atoms with Crippen LogP contribution in [0.2, 0.25) is 0 Å². The monoisotopic (exact) mass is 278 g/mol. The summed E-state index contributed by atoms with van der Waals surface area (Å²) in [5.74, 6) is 1.46. The first-order valence-electron chi connectivity index (χ1n) is 7.14. The topological polar surface area (TPSA) is 50.7 Å². The van der Waals surface area contributed by atoms with E-state index in [0.717, 1.165) is 51.6 Å². The summed E-state index contributed by atoms with van der Waals surface area (Å²) in [6, 6.07) is 0. The van der Waals surface area contributed by atoms with E-state index < -0.39 is 0 Å². The Morgan fingerprint density at radius 1 is 1.20 bits per heavy atom. The summed E-state index contributed by atoms with van der Waals surface area (Å²) in [6.07, 6.45) is 5.60. The van der Waals surface area contributed by atoms with Crippen LogP contribution in [0.3, 0.4) is 0 Å². The largest absolute Gasteiger partial charge is 0.494 e. The lowest BCUT2D eigenvalue weighted by molar-refractivity contribution is -0.0886. The van der Waals surface area contributed by atoms with Gasteiger partial charge in [0.1, 0.15) is 0 Å². The Morgan fingerprint density at radius 3 is 2.55 bits per heavy atom. The van der Waals surface area contributed by atoms with Crippen LogP contribution in [0.15, 0.2) is 12.4 Å². The van der Waals surface area contributed by atoms with E-state index in [-0.39, 0.29) is 5.60 Å². The highest BCUT2D eigenvalue weighted by Crippen LogP contribution is 2.30. The summed E-state index contributed by atoms with van der Waals surface area (Å²) < 4.78 is 11.2. The van der Waals surface area contributed by atoms with Gasteiger partial charge < -0.3 is 19.3 Å². The Bertz CT molecular complexity index is 443. The second-order valence-electron chi connectivity index (χ2n) is 5.68. The van der Waals surface area contributed by atoms with Gasteiger partial charge in [-0.05, 0) is 19.9 Å². The van der Waals surface area contributed by atoms with E-state index in [1.165, 1.54) is 0 Å². The van der Waals surface area contributed by atoms with Crippen LogP contribution in [0.5, 0.6) is 5.75 Å².